The van der Waals surface area contributed by atoms with Crippen molar-refractivity contribution in [3.63, 3.8) is 0 Å². The standard InChI is InChI=1S/C13H14F3NO3/c14-13(15,16)11-2-1-9(5-10(11)12(18)19)17-6-8-3-4-20-7-8/h1-2,5,8,17H,3-4,6-7H2,(H,18,19). The minimum Gasteiger partial charge on any atom is -0.478 e. The monoisotopic (exact) mass is 289 g/mol. The maximum Gasteiger partial charge on any atom is 0.417 e. The Hall–Kier alpha value is -1.76. The number of halogens is 3. The normalized spacial score (nSPS) is 19.1. The Kier molecular flexibility index (Phi) is 4.17. The number of aromatic carboxylic acids is 1. The van der Waals surface area contributed by atoms with E-state index in [1.165, 1.54) is 6.07 Å². The average Bonchev–Trinajstić information content (AvgIpc) is 2.88. The van der Waals surface area contributed by atoms with Crippen LogP contribution in [0.3, 0.4) is 0 Å². The molecule has 0 amide bonds. The van der Waals surface area contributed by atoms with E-state index >= 15 is 0 Å². The number of hydrogen-bond donors (Lipinski definition) is 2. The number of hydrogen-bond acceptors (Lipinski definition) is 3. The molecule has 1 atom stereocenters. The Morgan fingerprint density at radius 2 is 2.20 bits per heavy atom. The summed E-state index contributed by atoms with van der Waals surface area (Å²) >= 11 is 0. The van der Waals surface area contributed by atoms with Gasteiger partial charge in [0.1, 0.15) is 0 Å². The summed E-state index contributed by atoms with van der Waals surface area (Å²) < 4.78 is 43.2. The molecule has 20 heavy (non-hydrogen) atoms. The molecule has 2 N–H and O–H groups in total. The highest BCUT2D eigenvalue weighted by Crippen LogP contribution is 2.33. The smallest absolute Gasteiger partial charge is 0.417 e. The molecule has 0 aromatic heterocycles. The van der Waals surface area contributed by atoms with E-state index in [1.807, 2.05) is 0 Å². The van der Waals surface area contributed by atoms with Crippen LogP contribution < -0.4 is 5.32 Å². The summed E-state index contributed by atoms with van der Waals surface area (Å²) in [5, 5.41) is 11.8. The lowest BCUT2D eigenvalue weighted by Crippen LogP contribution is -2.16. The number of nitrogens with one attached hydrogen (secondary N) is 1. The molecule has 0 saturated carbocycles. The summed E-state index contributed by atoms with van der Waals surface area (Å²) in [6.45, 7) is 1.84. The van der Waals surface area contributed by atoms with E-state index in [2.05, 4.69) is 5.32 Å². The second-order valence-electron chi connectivity index (χ2n) is 4.67. The molecule has 7 heteroatoms. The van der Waals surface area contributed by atoms with Gasteiger partial charge in [-0.25, -0.2) is 4.79 Å². The molecule has 1 unspecified atom stereocenters. The number of rotatable bonds is 4. The molecule has 1 aliphatic heterocycles. The van der Waals surface area contributed by atoms with Gasteiger partial charge in [-0.3, -0.25) is 0 Å². The molecule has 0 bridgehead atoms. The van der Waals surface area contributed by atoms with Crippen LogP contribution >= 0.6 is 0 Å². The molecule has 1 aliphatic rings. The molecule has 4 nitrogen and oxygen atoms in total. The van der Waals surface area contributed by atoms with Crippen molar-refractivity contribution < 1.29 is 27.8 Å². The summed E-state index contributed by atoms with van der Waals surface area (Å²) in [6, 6.07) is 3.04. The highest BCUT2D eigenvalue weighted by Gasteiger charge is 2.35. The molecule has 1 aromatic rings. The number of carboxylic acid groups (broad SMARTS) is 1. The van der Waals surface area contributed by atoms with E-state index in [0.29, 0.717) is 31.4 Å². The minimum atomic E-state index is -4.68. The van der Waals surface area contributed by atoms with E-state index < -0.39 is 23.3 Å². The van der Waals surface area contributed by atoms with Crippen molar-refractivity contribution in [2.45, 2.75) is 12.6 Å². The second-order valence-corrected chi connectivity index (χ2v) is 4.67. The summed E-state index contributed by atoms with van der Waals surface area (Å²) in [5.41, 5.74) is -1.52. The zero-order valence-electron chi connectivity index (χ0n) is 10.5. The van der Waals surface area contributed by atoms with Crippen molar-refractivity contribution >= 4 is 11.7 Å². The number of carbonyl (C=O) groups is 1. The largest absolute Gasteiger partial charge is 0.478 e. The highest BCUT2D eigenvalue weighted by atomic mass is 19.4. The van der Waals surface area contributed by atoms with Crippen LogP contribution in [0.25, 0.3) is 0 Å². The van der Waals surface area contributed by atoms with Crippen LogP contribution in [0.1, 0.15) is 22.3 Å². The minimum absolute atomic E-state index is 0.297. The molecule has 1 heterocycles. The number of ether oxygens (including phenoxy) is 1. The molecule has 0 aliphatic carbocycles. The Balaban J connectivity index is 2.15. The van der Waals surface area contributed by atoms with Gasteiger partial charge < -0.3 is 15.2 Å². The summed E-state index contributed by atoms with van der Waals surface area (Å²) in [5.74, 6) is -1.30. The quantitative estimate of drug-likeness (QED) is 0.895. The first-order chi connectivity index (χ1) is 9.38. The fourth-order valence-electron chi connectivity index (χ4n) is 2.08. The molecule has 0 radical (unpaired) electrons. The van der Waals surface area contributed by atoms with Crippen LogP contribution in [0.4, 0.5) is 18.9 Å². The van der Waals surface area contributed by atoms with Gasteiger partial charge >= 0.3 is 12.1 Å². The van der Waals surface area contributed by atoms with Crippen LogP contribution in [0.2, 0.25) is 0 Å². The van der Waals surface area contributed by atoms with Gasteiger partial charge in [-0.2, -0.15) is 13.2 Å². The Morgan fingerprint density at radius 3 is 2.75 bits per heavy atom. The van der Waals surface area contributed by atoms with Gasteiger partial charge in [0.25, 0.3) is 0 Å². The first-order valence-corrected chi connectivity index (χ1v) is 6.14. The molecule has 110 valence electrons. The zero-order chi connectivity index (χ0) is 14.8. The third-order valence-electron chi connectivity index (χ3n) is 3.17. The lowest BCUT2D eigenvalue weighted by atomic mass is 10.1. The number of anilines is 1. The SMILES string of the molecule is O=C(O)c1cc(NCC2CCOC2)ccc1C(F)(F)F. The summed E-state index contributed by atoms with van der Waals surface area (Å²) in [4.78, 5) is 10.9. The second kappa shape index (κ2) is 5.70. The highest BCUT2D eigenvalue weighted by molar-refractivity contribution is 5.91. The van der Waals surface area contributed by atoms with E-state index in [9.17, 15) is 18.0 Å². The van der Waals surface area contributed by atoms with Crippen LogP contribution in [0.5, 0.6) is 0 Å². The van der Waals surface area contributed by atoms with Gasteiger partial charge in [0.15, 0.2) is 0 Å². The van der Waals surface area contributed by atoms with Crippen molar-refractivity contribution in [3.8, 4) is 0 Å². The van der Waals surface area contributed by atoms with E-state index in [0.717, 1.165) is 18.6 Å². The van der Waals surface area contributed by atoms with Gasteiger partial charge in [-0.05, 0) is 24.6 Å². The van der Waals surface area contributed by atoms with Gasteiger partial charge in [0.2, 0.25) is 0 Å². The van der Waals surface area contributed by atoms with E-state index in [1.54, 1.807) is 0 Å². The fraction of sp³-hybridized carbons (Fsp3) is 0.462. The van der Waals surface area contributed by atoms with E-state index in [4.69, 9.17) is 9.84 Å². The van der Waals surface area contributed by atoms with Crippen molar-refractivity contribution in [2.24, 2.45) is 5.92 Å². The molecule has 1 aromatic carbocycles. The van der Waals surface area contributed by atoms with Gasteiger partial charge in [-0.1, -0.05) is 0 Å². The first-order valence-electron chi connectivity index (χ1n) is 6.14. The molecule has 1 fully saturated rings. The lowest BCUT2D eigenvalue weighted by molar-refractivity contribution is -0.138. The molecular weight excluding hydrogens is 275 g/mol. The van der Waals surface area contributed by atoms with Crippen molar-refractivity contribution in [1.82, 2.24) is 0 Å². The summed E-state index contributed by atoms with van der Waals surface area (Å²) in [6.07, 6.45) is -3.79. The molecular formula is C13H14F3NO3. The Morgan fingerprint density at radius 1 is 1.45 bits per heavy atom. The average molecular weight is 289 g/mol. The predicted octanol–water partition coefficient (Wildman–Crippen LogP) is 2.85. The molecule has 1 saturated heterocycles. The predicted molar refractivity (Wildman–Crippen MR) is 65.8 cm³/mol. The Bertz CT molecular complexity index is 496. The zero-order valence-corrected chi connectivity index (χ0v) is 10.5. The van der Waals surface area contributed by atoms with Crippen molar-refractivity contribution in [3.05, 3.63) is 29.3 Å². The number of alkyl halides is 3. The van der Waals surface area contributed by atoms with Gasteiger partial charge in [-0.15, -0.1) is 0 Å². The van der Waals surface area contributed by atoms with Crippen LogP contribution in [0, 0.1) is 5.92 Å². The van der Waals surface area contributed by atoms with Crippen LogP contribution in [-0.4, -0.2) is 30.8 Å². The molecule has 2 rings (SSSR count). The van der Waals surface area contributed by atoms with Crippen LogP contribution in [-0.2, 0) is 10.9 Å². The lowest BCUT2D eigenvalue weighted by Gasteiger charge is -2.14. The third-order valence-corrected chi connectivity index (χ3v) is 3.17. The van der Waals surface area contributed by atoms with Crippen molar-refractivity contribution in [2.75, 3.05) is 25.1 Å². The Labute approximate surface area is 113 Å². The number of carboxylic acids is 1. The fourth-order valence-corrected chi connectivity index (χ4v) is 2.08. The van der Waals surface area contributed by atoms with Gasteiger partial charge in [0, 0.05) is 24.8 Å². The third kappa shape index (κ3) is 3.41. The topological polar surface area (TPSA) is 58.6 Å². The summed E-state index contributed by atoms with van der Waals surface area (Å²) in [7, 11) is 0. The number of benzene rings is 1. The van der Waals surface area contributed by atoms with Gasteiger partial charge in [0.05, 0.1) is 17.7 Å². The maximum absolute atomic E-state index is 12.7. The van der Waals surface area contributed by atoms with Crippen molar-refractivity contribution in [1.29, 1.82) is 0 Å². The first kappa shape index (κ1) is 14.6. The molecule has 0 spiro atoms. The van der Waals surface area contributed by atoms with Crippen LogP contribution in [0.15, 0.2) is 18.2 Å². The maximum atomic E-state index is 12.7. The van der Waals surface area contributed by atoms with E-state index in [-0.39, 0.29) is 0 Å².